The van der Waals surface area contributed by atoms with Gasteiger partial charge in [0.25, 0.3) is 0 Å². The second kappa shape index (κ2) is 16.5. The SMILES string of the molecule is Cc1cc(OCc2ccccc2)c(OCc2ccccc2)cc1C(=O)OCC(CNC(C)(C)CNC(=O)C1CCOC1)OC(=O)C1CC1(C)C. The molecule has 0 aromatic heterocycles. The van der Waals surface area contributed by atoms with Gasteiger partial charge in [0.1, 0.15) is 25.9 Å². The van der Waals surface area contributed by atoms with E-state index in [1.807, 2.05) is 95.3 Å². The first-order chi connectivity index (χ1) is 23.9. The Labute approximate surface area is 295 Å². The summed E-state index contributed by atoms with van der Waals surface area (Å²) < 4.78 is 29.4. The van der Waals surface area contributed by atoms with Crippen LogP contribution in [0.2, 0.25) is 0 Å². The lowest BCUT2D eigenvalue weighted by molar-refractivity contribution is -0.153. The molecule has 2 aliphatic rings. The van der Waals surface area contributed by atoms with Gasteiger partial charge in [0.05, 0.1) is 24.0 Å². The average Bonchev–Trinajstić information content (AvgIpc) is 3.45. The molecule has 0 bridgehead atoms. The van der Waals surface area contributed by atoms with E-state index in [1.165, 1.54) is 0 Å². The standard InChI is InChI=1S/C40H50N2O8/c1-27-18-34(47-22-28-12-8-6-9-13-28)35(48-23-29-14-10-7-11-15-29)19-32(27)37(44)49-25-31(50-38(45)33-20-39(33,2)3)21-42-40(4,5)26-41-36(43)30-16-17-46-24-30/h6-15,18-19,30-31,33,42H,16-17,20-26H2,1-5H3,(H,41,43). The van der Waals surface area contributed by atoms with Crippen molar-refractivity contribution >= 4 is 17.8 Å². The third-order valence-corrected chi connectivity index (χ3v) is 9.28. The van der Waals surface area contributed by atoms with Gasteiger partial charge in [0, 0.05) is 25.2 Å². The number of ether oxygens (including phenoxy) is 5. The van der Waals surface area contributed by atoms with Crippen LogP contribution < -0.4 is 20.1 Å². The zero-order chi connectivity index (χ0) is 35.7. The number of rotatable bonds is 17. The van der Waals surface area contributed by atoms with Crippen molar-refractivity contribution in [3.63, 3.8) is 0 Å². The summed E-state index contributed by atoms with van der Waals surface area (Å²) in [6, 6.07) is 23.0. The van der Waals surface area contributed by atoms with E-state index in [4.69, 9.17) is 23.7 Å². The molecule has 0 spiro atoms. The van der Waals surface area contributed by atoms with Crippen molar-refractivity contribution in [1.29, 1.82) is 0 Å². The number of carbonyl (C=O) groups is 3. The number of carbonyl (C=O) groups excluding carboxylic acids is 3. The number of benzene rings is 3. The first-order valence-corrected chi connectivity index (χ1v) is 17.4. The molecule has 0 radical (unpaired) electrons. The lowest BCUT2D eigenvalue weighted by Gasteiger charge is -2.29. The highest BCUT2D eigenvalue weighted by Crippen LogP contribution is 2.52. The quantitative estimate of drug-likeness (QED) is 0.170. The van der Waals surface area contributed by atoms with Gasteiger partial charge in [-0.25, -0.2) is 4.79 Å². The first kappa shape index (κ1) is 36.9. The third-order valence-electron chi connectivity index (χ3n) is 9.28. The molecular formula is C40H50N2O8. The number of nitrogens with one attached hydrogen (secondary N) is 2. The lowest BCUT2D eigenvalue weighted by atomic mass is 10.0. The van der Waals surface area contributed by atoms with Gasteiger partial charge in [-0.05, 0) is 67.9 Å². The summed E-state index contributed by atoms with van der Waals surface area (Å²) in [5.74, 6) is -0.330. The van der Waals surface area contributed by atoms with Crippen molar-refractivity contribution < 1.29 is 38.1 Å². The van der Waals surface area contributed by atoms with Gasteiger partial charge in [-0.2, -0.15) is 0 Å². The average molecular weight is 687 g/mol. The van der Waals surface area contributed by atoms with Crippen LogP contribution in [0.15, 0.2) is 72.8 Å². The summed E-state index contributed by atoms with van der Waals surface area (Å²) in [7, 11) is 0. The smallest absolute Gasteiger partial charge is 0.338 e. The van der Waals surface area contributed by atoms with Crippen LogP contribution in [-0.2, 0) is 37.0 Å². The third kappa shape index (κ3) is 10.5. The van der Waals surface area contributed by atoms with E-state index in [-0.39, 0.29) is 48.9 Å². The molecule has 50 heavy (non-hydrogen) atoms. The Morgan fingerprint density at radius 2 is 1.54 bits per heavy atom. The van der Waals surface area contributed by atoms with Gasteiger partial charge in [0.15, 0.2) is 11.5 Å². The predicted octanol–water partition coefficient (Wildman–Crippen LogP) is 5.79. The van der Waals surface area contributed by atoms with E-state index in [0.29, 0.717) is 55.4 Å². The molecule has 268 valence electrons. The van der Waals surface area contributed by atoms with Crippen LogP contribution in [0.25, 0.3) is 0 Å². The fourth-order valence-electron chi connectivity index (χ4n) is 5.72. The minimum Gasteiger partial charge on any atom is -0.485 e. The molecule has 10 heteroatoms. The Bertz CT molecular complexity index is 1600. The summed E-state index contributed by atoms with van der Waals surface area (Å²) in [6.07, 6.45) is 0.714. The van der Waals surface area contributed by atoms with E-state index in [1.54, 1.807) is 12.1 Å². The maximum absolute atomic E-state index is 13.6. The second-order valence-electron chi connectivity index (χ2n) is 14.6. The van der Waals surface area contributed by atoms with Crippen LogP contribution in [0, 0.1) is 24.2 Å². The summed E-state index contributed by atoms with van der Waals surface area (Å²) in [4.78, 5) is 39.2. The number of hydrogen-bond donors (Lipinski definition) is 2. The van der Waals surface area contributed by atoms with E-state index in [2.05, 4.69) is 10.6 Å². The van der Waals surface area contributed by atoms with E-state index in [9.17, 15) is 14.4 Å². The lowest BCUT2D eigenvalue weighted by Crippen LogP contribution is -2.53. The molecule has 5 rings (SSSR count). The molecule has 1 amide bonds. The maximum atomic E-state index is 13.6. The Kier molecular flexibility index (Phi) is 12.2. The minimum absolute atomic E-state index is 0.0378. The van der Waals surface area contributed by atoms with E-state index in [0.717, 1.165) is 17.5 Å². The van der Waals surface area contributed by atoms with E-state index < -0.39 is 17.6 Å². The van der Waals surface area contributed by atoms with Gasteiger partial charge in [-0.15, -0.1) is 0 Å². The second-order valence-corrected chi connectivity index (χ2v) is 14.6. The van der Waals surface area contributed by atoms with Crippen molar-refractivity contribution in [3.05, 3.63) is 95.1 Å². The summed E-state index contributed by atoms with van der Waals surface area (Å²) in [5.41, 5.74) is 2.30. The molecule has 3 atom stereocenters. The van der Waals surface area contributed by atoms with Crippen LogP contribution in [0.4, 0.5) is 0 Å². The Morgan fingerprint density at radius 1 is 0.940 bits per heavy atom. The summed E-state index contributed by atoms with van der Waals surface area (Å²) in [6.45, 7) is 11.9. The number of esters is 2. The van der Waals surface area contributed by atoms with Crippen LogP contribution in [0.3, 0.4) is 0 Å². The zero-order valence-electron chi connectivity index (χ0n) is 29.8. The Morgan fingerprint density at radius 3 is 2.10 bits per heavy atom. The number of aryl methyl sites for hydroxylation is 1. The van der Waals surface area contributed by atoms with Gasteiger partial charge < -0.3 is 34.3 Å². The molecule has 1 aliphatic heterocycles. The zero-order valence-corrected chi connectivity index (χ0v) is 29.8. The molecule has 1 saturated carbocycles. The molecular weight excluding hydrogens is 636 g/mol. The molecule has 2 fully saturated rings. The molecule has 3 aromatic rings. The van der Waals surface area contributed by atoms with Crippen LogP contribution in [0.1, 0.15) is 67.6 Å². The van der Waals surface area contributed by atoms with Gasteiger partial charge in [0.2, 0.25) is 5.91 Å². The largest absolute Gasteiger partial charge is 0.485 e. The van der Waals surface area contributed by atoms with Crippen LogP contribution >= 0.6 is 0 Å². The van der Waals surface area contributed by atoms with Crippen molar-refractivity contribution in [1.82, 2.24) is 10.6 Å². The summed E-state index contributed by atoms with van der Waals surface area (Å²) in [5, 5.41) is 6.39. The van der Waals surface area contributed by atoms with Crippen molar-refractivity contribution in [3.8, 4) is 11.5 Å². The highest BCUT2D eigenvalue weighted by Gasteiger charge is 2.52. The van der Waals surface area contributed by atoms with Crippen molar-refractivity contribution in [2.75, 3.05) is 32.9 Å². The molecule has 3 aromatic carbocycles. The predicted molar refractivity (Wildman–Crippen MR) is 189 cm³/mol. The summed E-state index contributed by atoms with van der Waals surface area (Å²) >= 11 is 0. The first-order valence-electron chi connectivity index (χ1n) is 17.4. The van der Waals surface area contributed by atoms with Crippen molar-refractivity contribution in [2.45, 2.75) is 72.3 Å². The van der Waals surface area contributed by atoms with Crippen molar-refractivity contribution in [2.24, 2.45) is 17.3 Å². The molecule has 2 N–H and O–H groups in total. The monoisotopic (exact) mass is 686 g/mol. The maximum Gasteiger partial charge on any atom is 0.338 e. The molecule has 1 saturated heterocycles. The van der Waals surface area contributed by atoms with Crippen LogP contribution in [0.5, 0.6) is 11.5 Å². The highest BCUT2D eigenvalue weighted by molar-refractivity contribution is 5.92. The van der Waals surface area contributed by atoms with Gasteiger partial charge in [-0.3, -0.25) is 9.59 Å². The minimum atomic E-state index is -0.747. The highest BCUT2D eigenvalue weighted by atomic mass is 16.6. The molecule has 3 unspecified atom stereocenters. The Balaban J connectivity index is 1.25. The van der Waals surface area contributed by atoms with Gasteiger partial charge in [-0.1, -0.05) is 74.5 Å². The fourth-order valence-corrected chi connectivity index (χ4v) is 5.72. The fraction of sp³-hybridized carbons (Fsp3) is 0.475. The molecule has 1 aliphatic carbocycles. The molecule has 1 heterocycles. The van der Waals surface area contributed by atoms with E-state index >= 15 is 0 Å². The molecule has 10 nitrogen and oxygen atoms in total. The van der Waals surface area contributed by atoms with Gasteiger partial charge >= 0.3 is 11.9 Å². The normalized spacial score (nSPS) is 18.5. The number of hydrogen-bond acceptors (Lipinski definition) is 9. The van der Waals surface area contributed by atoms with Crippen LogP contribution in [-0.4, -0.2) is 62.4 Å². The number of amides is 1. The topological polar surface area (TPSA) is 121 Å². The Hall–Kier alpha value is -4.41.